The maximum absolute atomic E-state index is 15.0. The van der Waals surface area contributed by atoms with E-state index in [9.17, 15) is 40.2 Å². The van der Waals surface area contributed by atoms with Gasteiger partial charge in [-0.2, -0.15) is 0 Å². The van der Waals surface area contributed by atoms with Gasteiger partial charge in [-0.15, -0.1) is 20.4 Å². The molecule has 10 atom stereocenters. The molecule has 8 heterocycles. The largest absolute Gasteiger partial charge is 0.456 e. The van der Waals surface area contributed by atoms with E-state index >= 15 is 4.79 Å². The summed E-state index contributed by atoms with van der Waals surface area (Å²) in [5.74, 6) is 0.114. The third-order valence-electron chi connectivity index (χ3n) is 16.8. The molecule has 3 amide bonds. The van der Waals surface area contributed by atoms with Crippen LogP contribution in [0.3, 0.4) is 0 Å². The topological polar surface area (TPSA) is 360 Å². The van der Waals surface area contributed by atoms with Crippen molar-refractivity contribution in [2.45, 2.75) is 148 Å². The minimum Gasteiger partial charge on any atom is -0.456 e. The van der Waals surface area contributed by atoms with Crippen LogP contribution in [0.1, 0.15) is 104 Å². The molecule has 4 aromatic heterocycles. The predicted molar refractivity (Wildman–Crippen MR) is 311 cm³/mol. The summed E-state index contributed by atoms with van der Waals surface area (Å²) < 4.78 is 24.7. The summed E-state index contributed by atoms with van der Waals surface area (Å²) in [6.45, 7) is 13.8. The van der Waals surface area contributed by atoms with Crippen LogP contribution < -0.4 is 25.2 Å². The molecular formula is C58H74N18O12. The number of fused-ring (bicyclic) bond motifs is 6. The van der Waals surface area contributed by atoms with Gasteiger partial charge in [-0.3, -0.25) is 28.6 Å². The predicted octanol–water partition coefficient (Wildman–Crippen LogP) is -0.0664. The number of amides is 3. The number of aliphatic hydroxyl groups excluding tert-OH is 6. The number of carbonyl (C=O) groups excluding carboxylic acids is 3. The molecule has 0 radical (unpaired) electrons. The maximum atomic E-state index is 15.0. The molecule has 88 heavy (non-hydrogen) atoms. The molecule has 2 saturated heterocycles. The molecule has 2 fully saturated rings. The Bertz CT molecular complexity index is 3540. The number of rotatable bonds is 23. The average Bonchev–Trinajstić information content (AvgIpc) is 1.46. The highest BCUT2D eigenvalue weighted by molar-refractivity contribution is 6.02. The van der Waals surface area contributed by atoms with Gasteiger partial charge < -0.3 is 70.2 Å². The minimum atomic E-state index is -1.54. The third kappa shape index (κ3) is 11.6. The van der Waals surface area contributed by atoms with Gasteiger partial charge >= 0.3 is 0 Å². The van der Waals surface area contributed by atoms with Crippen LogP contribution in [0.2, 0.25) is 0 Å². The van der Waals surface area contributed by atoms with Crippen LogP contribution in [0.15, 0.2) is 85.5 Å². The van der Waals surface area contributed by atoms with E-state index in [1.807, 2.05) is 40.3 Å². The van der Waals surface area contributed by atoms with E-state index in [1.165, 1.54) is 35.6 Å². The Morgan fingerprint density at radius 2 is 1.18 bits per heavy atom. The number of hydrogen-bond donors (Lipinski definition) is 8. The zero-order valence-electron chi connectivity index (χ0n) is 49.6. The molecule has 8 N–H and O–H groups in total. The van der Waals surface area contributed by atoms with Crippen LogP contribution in [-0.2, 0) is 63.9 Å². The lowest BCUT2D eigenvalue weighted by molar-refractivity contribution is -0.224. The van der Waals surface area contributed by atoms with Crippen LogP contribution >= 0.6 is 0 Å². The highest BCUT2D eigenvalue weighted by atomic mass is 16.6. The number of benzene rings is 3. The molecule has 0 aliphatic carbocycles. The number of anilines is 2. The van der Waals surface area contributed by atoms with Gasteiger partial charge in [0.1, 0.15) is 65.4 Å². The third-order valence-corrected chi connectivity index (χ3v) is 16.8. The summed E-state index contributed by atoms with van der Waals surface area (Å²) in [7, 11) is 0. The molecule has 468 valence electrons. The van der Waals surface area contributed by atoms with E-state index in [1.54, 1.807) is 15.6 Å². The Morgan fingerprint density at radius 1 is 0.625 bits per heavy atom. The van der Waals surface area contributed by atoms with Crippen molar-refractivity contribution in [2.75, 3.05) is 49.2 Å². The second-order valence-corrected chi connectivity index (χ2v) is 22.3. The summed E-state index contributed by atoms with van der Waals surface area (Å²) in [4.78, 5) is 47.8. The number of ether oxygens (including phenoxy) is 3. The molecule has 3 aromatic carbocycles. The monoisotopic (exact) mass is 1210 g/mol. The number of nitrogens with one attached hydrogen (secondary N) is 2. The lowest BCUT2D eigenvalue weighted by Gasteiger charge is -2.44. The Morgan fingerprint density at radius 3 is 1.80 bits per heavy atom. The Kier molecular flexibility index (Phi) is 18.0. The van der Waals surface area contributed by atoms with Crippen LogP contribution in [0.4, 0.5) is 11.4 Å². The standard InChI is InChI=1S/C58H74N18O12/c1-7-70(8-2)38-15-17-43-45(21-38)86-46-22-39(71(9-3)10-4)16-18-44(46)58(43)42-14-12-11-13-41(42)55(85)74(58)28-37-27-73(67-63-37)20-19-72-26-35(62-66-72)24-69(25-36-29-75(68-64-36)56-50(61-34(6)80)53(83)52(82)48(32-78)87-56)30-40-23-59-65-76(40)57-54(84)49(60-33(5)79)51(81)47(31-77)88-57/h11-18,21-23,26-27,29,47-54,56-57,77-78,81-84H,7-10,19-20,24-25,28,30-32H2,1-6H3,(H,60,79)(H,61,80)/t47-,48-,49-,50-,51+,52+,53+,54-,56?,57?/m1/s1. The summed E-state index contributed by atoms with van der Waals surface area (Å²) in [5.41, 5.74) is 5.82. The van der Waals surface area contributed by atoms with E-state index in [0.29, 0.717) is 52.9 Å². The SMILES string of the molecule is CCN(CC)c1ccc2c(c1)Oc1cc(N(CC)CC)ccc1C21c2ccccc2C(=O)N1Cc1cn(CCn2cc(CN(Cc3cn(C4O[C@H](CO)[C@H](O)[C@@H](O)[C@H]4NC(C)=O)nn3)Cc3cnnn3C3O[C@H](CO)[C@H](O)[C@@H](NC(C)=O)[C@H]3O)nn2)nn1. The number of carbonyl (C=O) groups is 3. The van der Waals surface area contributed by atoms with Crippen molar-refractivity contribution in [1.29, 1.82) is 0 Å². The molecule has 4 aliphatic heterocycles. The Labute approximate surface area is 505 Å². The average molecular weight is 1220 g/mol. The lowest BCUT2D eigenvalue weighted by atomic mass is 9.74. The highest BCUT2D eigenvalue weighted by Gasteiger charge is 2.57. The second kappa shape index (κ2) is 25.8. The van der Waals surface area contributed by atoms with Crippen molar-refractivity contribution < 1.29 is 59.2 Å². The molecular weight excluding hydrogens is 1140 g/mol. The fourth-order valence-corrected chi connectivity index (χ4v) is 12.6. The molecule has 11 rings (SSSR count). The fraction of sp³-hybridized carbons (Fsp3) is 0.500. The normalized spacial score (nSPS) is 23.6. The second-order valence-electron chi connectivity index (χ2n) is 22.3. The van der Waals surface area contributed by atoms with E-state index in [-0.39, 0.29) is 32.1 Å². The lowest BCUT2D eigenvalue weighted by Crippen LogP contribution is -2.62. The van der Waals surface area contributed by atoms with Gasteiger partial charge in [-0.25, -0.2) is 9.36 Å². The molecule has 0 saturated carbocycles. The van der Waals surface area contributed by atoms with Gasteiger partial charge in [-0.05, 0) is 51.5 Å². The summed E-state index contributed by atoms with van der Waals surface area (Å²) in [6, 6.07) is 17.8. The van der Waals surface area contributed by atoms with E-state index < -0.39 is 91.7 Å². The first-order valence-corrected chi connectivity index (χ1v) is 29.5. The van der Waals surface area contributed by atoms with Gasteiger partial charge in [0.25, 0.3) is 5.91 Å². The van der Waals surface area contributed by atoms with Crippen molar-refractivity contribution in [1.82, 2.24) is 80.4 Å². The summed E-state index contributed by atoms with van der Waals surface area (Å²) in [5, 5.41) is 105. The van der Waals surface area contributed by atoms with Gasteiger partial charge in [0.05, 0.1) is 74.6 Å². The van der Waals surface area contributed by atoms with Crippen molar-refractivity contribution in [3.8, 4) is 11.5 Å². The van der Waals surface area contributed by atoms with Crippen LogP contribution in [0.25, 0.3) is 0 Å². The Balaban J connectivity index is 0.853. The molecule has 2 unspecified atom stereocenters. The minimum absolute atomic E-state index is 0.0227. The highest BCUT2D eigenvalue weighted by Crippen LogP contribution is 2.58. The molecule has 7 aromatic rings. The van der Waals surface area contributed by atoms with Gasteiger partial charge in [0, 0.05) is 106 Å². The van der Waals surface area contributed by atoms with Crippen molar-refractivity contribution in [2.24, 2.45) is 0 Å². The van der Waals surface area contributed by atoms with Gasteiger partial charge in [-0.1, -0.05) is 51.2 Å². The number of aromatic nitrogens is 12. The first kappa shape index (κ1) is 61.3. The zero-order chi connectivity index (χ0) is 62.1. The maximum Gasteiger partial charge on any atom is 0.255 e. The number of aryl methyl sites for hydroxylation is 2. The Hall–Kier alpha value is -8.33. The summed E-state index contributed by atoms with van der Waals surface area (Å²) in [6.07, 6.45) is -4.49. The number of aliphatic hydroxyl groups is 6. The fourth-order valence-electron chi connectivity index (χ4n) is 12.6. The van der Waals surface area contributed by atoms with Gasteiger partial charge in [0.2, 0.25) is 11.8 Å². The molecule has 1 spiro atoms. The molecule has 30 heteroatoms. The van der Waals surface area contributed by atoms with Gasteiger partial charge in [0.15, 0.2) is 12.5 Å². The van der Waals surface area contributed by atoms with E-state index in [4.69, 9.17) is 14.2 Å². The van der Waals surface area contributed by atoms with Crippen molar-refractivity contribution in [3.63, 3.8) is 0 Å². The van der Waals surface area contributed by atoms with Crippen LogP contribution in [0.5, 0.6) is 11.5 Å². The number of nitrogens with zero attached hydrogens (tertiary/aromatic N) is 16. The summed E-state index contributed by atoms with van der Waals surface area (Å²) >= 11 is 0. The van der Waals surface area contributed by atoms with E-state index in [0.717, 1.165) is 54.2 Å². The zero-order valence-corrected chi connectivity index (χ0v) is 49.6. The number of hydrogen-bond acceptors (Lipinski definition) is 23. The van der Waals surface area contributed by atoms with Crippen LogP contribution in [-0.4, -0.2) is 206 Å². The quantitative estimate of drug-likeness (QED) is 0.0416. The van der Waals surface area contributed by atoms with Crippen LogP contribution in [0, 0.1) is 0 Å². The molecule has 30 nitrogen and oxygen atoms in total. The molecule has 4 aliphatic rings. The van der Waals surface area contributed by atoms with Crippen molar-refractivity contribution in [3.05, 3.63) is 130 Å². The molecule has 0 bridgehead atoms. The first-order valence-electron chi connectivity index (χ1n) is 29.5. The van der Waals surface area contributed by atoms with Crippen molar-refractivity contribution >= 4 is 29.1 Å². The smallest absolute Gasteiger partial charge is 0.255 e. The first-order chi connectivity index (χ1) is 42.5. The van der Waals surface area contributed by atoms with E-state index in [2.05, 4.69) is 126 Å².